The molecule has 0 saturated heterocycles. The molecule has 0 spiro atoms. The fraction of sp³-hybridized carbons (Fsp3) is 0.182. The van der Waals surface area contributed by atoms with Gasteiger partial charge in [-0.3, -0.25) is 9.59 Å². The highest BCUT2D eigenvalue weighted by Gasteiger charge is 2.15. The molecule has 0 fully saturated rings. The van der Waals surface area contributed by atoms with E-state index in [1.807, 2.05) is 68.4 Å². The molecule has 222 valence electrons. The van der Waals surface area contributed by atoms with Crippen LogP contribution in [0.3, 0.4) is 0 Å². The summed E-state index contributed by atoms with van der Waals surface area (Å²) in [5, 5.41) is 6.88. The maximum Gasteiger partial charge on any atom is 0.271 e. The summed E-state index contributed by atoms with van der Waals surface area (Å²) in [5.74, 6) is 1.02. The summed E-state index contributed by atoms with van der Waals surface area (Å²) in [5.41, 5.74) is 6.31. The molecule has 2 amide bonds. The van der Waals surface area contributed by atoms with E-state index in [9.17, 15) is 9.59 Å². The maximum atomic E-state index is 12.8. The summed E-state index contributed by atoms with van der Waals surface area (Å²) >= 11 is 3.47. The molecule has 43 heavy (non-hydrogen) atoms. The van der Waals surface area contributed by atoms with Crippen LogP contribution >= 0.6 is 15.9 Å². The predicted molar refractivity (Wildman–Crippen MR) is 169 cm³/mol. The molecule has 0 aromatic heterocycles. The molecule has 0 unspecified atom stereocenters. The molecular weight excluding hydrogens is 614 g/mol. The monoisotopic (exact) mass is 645 g/mol. The lowest BCUT2D eigenvalue weighted by Gasteiger charge is -2.14. The van der Waals surface area contributed by atoms with Crippen LogP contribution in [-0.2, 0) is 11.4 Å². The summed E-state index contributed by atoms with van der Waals surface area (Å²) in [6.45, 7) is 4.41. The highest BCUT2D eigenvalue weighted by molar-refractivity contribution is 9.10. The molecule has 4 rings (SSSR count). The van der Waals surface area contributed by atoms with Gasteiger partial charge in [-0.15, -0.1) is 0 Å². The van der Waals surface area contributed by atoms with Gasteiger partial charge in [-0.2, -0.15) is 5.10 Å². The van der Waals surface area contributed by atoms with Crippen LogP contribution in [0.2, 0.25) is 0 Å². The number of nitrogens with one attached hydrogen (secondary N) is 2. The largest absolute Gasteiger partial charge is 0.493 e. The number of amides is 2. The molecule has 0 atom stereocenters. The summed E-state index contributed by atoms with van der Waals surface area (Å²) in [7, 11) is 1.49. The first-order valence-electron chi connectivity index (χ1n) is 13.5. The number of anilines is 1. The Labute approximate surface area is 258 Å². The number of benzene rings is 4. The van der Waals surface area contributed by atoms with E-state index >= 15 is 0 Å². The number of halogens is 1. The average molecular weight is 647 g/mol. The molecule has 0 heterocycles. The van der Waals surface area contributed by atoms with Crippen molar-refractivity contribution in [3.05, 3.63) is 112 Å². The molecular formula is C33H32BrN3O6. The third-order valence-electron chi connectivity index (χ3n) is 6.06. The zero-order valence-electron chi connectivity index (χ0n) is 24.1. The number of methoxy groups -OCH3 is 1. The van der Waals surface area contributed by atoms with Gasteiger partial charge in [-0.05, 0) is 83.4 Å². The standard InChI is InChI=1S/C33H32BrN3O6/c1-4-41-29-18-25(12-15-28(29)42-20-23-8-6-5-7-9-23)33(39)37-35-19-24-16-27(34)32(30(17-24)40-3)43-21-31(38)36-26-13-10-22(2)11-14-26/h5-19H,4,20-21H2,1-3H3,(H,36,38)(H,37,39)/b35-19+. The van der Waals surface area contributed by atoms with Gasteiger partial charge in [0.2, 0.25) is 0 Å². The fourth-order valence-electron chi connectivity index (χ4n) is 3.93. The second kappa shape index (κ2) is 15.4. The Balaban J connectivity index is 1.36. The maximum absolute atomic E-state index is 12.8. The lowest BCUT2D eigenvalue weighted by Crippen LogP contribution is -2.20. The zero-order valence-corrected chi connectivity index (χ0v) is 25.6. The first-order valence-corrected chi connectivity index (χ1v) is 14.3. The summed E-state index contributed by atoms with van der Waals surface area (Å²) in [6, 6.07) is 25.6. The molecule has 10 heteroatoms. The van der Waals surface area contributed by atoms with Gasteiger partial charge >= 0.3 is 0 Å². The minimum atomic E-state index is -0.419. The molecule has 0 radical (unpaired) electrons. The lowest BCUT2D eigenvalue weighted by atomic mass is 10.2. The van der Waals surface area contributed by atoms with Crippen molar-refractivity contribution in [2.24, 2.45) is 5.10 Å². The molecule has 4 aromatic carbocycles. The normalized spacial score (nSPS) is 10.7. The Morgan fingerprint density at radius 1 is 0.884 bits per heavy atom. The molecule has 4 aromatic rings. The number of ether oxygens (including phenoxy) is 4. The van der Waals surface area contributed by atoms with Crippen molar-refractivity contribution in [1.82, 2.24) is 5.43 Å². The van der Waals surface area contributed by atoms with Crippen molar-refractivity contribution < 1.29 is 28.5 Å². The van der Waals surface area contributed by atoms with E-state index < -0.39 is 5.91 Å². The van der Waals surface area contributed by atoms with E-state index in [0.717, 1.165) is 11.1 Å². The van der Waals surface area contributed by atoms with Crippen molar-refractivity contribution in [3.63, 3.8) is 0 Å². The molecule has 0 aliphatic heterocycles. The number of nitrogens with zero attached hydrogens (tertiary/aromatic N) is 1. The first kappa shape index (κ1) is 31.1. The Bertz CT molecular complexity index is 1580. The van der Waals surface area contributed by atoms with Gasteiger partial charge in [0.05, 0.1) is 24.4 Å². The zero-order chi connectivity index (χ0) is 30.6. The van der Waals surface area contributed by atoms with E-state index in [4.69, 9.17) is 18.9 Å². The van der Waals surface area contributed by atoms with Gasteiger partial charge in [0.25, 0.3) is 11.8 Å². The van der Waals surface area contributed by atoms with Crippen molar-refractivity contribution in [2.75, 3.05) is 25.6 Å². The van der Waals surface area contributed by atoms with Crippen LogP contribution in [0.4, 0.5) is 5.69 Å². The number of hydrogen-bond acceptors (Lipinski definition) is 7. The van der Waals surface area contributed by atoms with Crippen LogP contribution in [0.15, 0.2) is 94.5 Å². The molecule has 0 aliphatic carbocycles. The Morgan fingerprint density at radius 3 is 2.37 bits per heavy atom. The van der Waals surface area contributed by atoms with E-state index in [0.29, 0.717) is 57.5 Å². The number of aryl methyl sites for hydroxylation is 1. The third kappa shape index (κ3) is 9.08. The molecule has 0 saturated carbocycles. The summed E-state index contributed by atoms with van der Waals surface area (Å²) in [4.78, 5) is 25.2. The quantitative estimate of drug-likeness (QED) is 0.127. The number of carbonyl (C=O) groups is 2. The van der Waals surface area contributed by atoms with E-state index in [2.05, 4.69) is 31.8 Å². The Hall–Kier alpha value is -4.83. The molecule has 2 N–H and O–H groups in total. The average Bonchev–Trinajstić information content (AvgIpc) is 3.01. The minimum Gasteiger partial charge on any atom is -0.493 e. The SMILES string of the molecule is CCOc1cc(C(=O)N/N=C/c2cc(Br)c(OCC(=O)Nc3ccc(C)cc3)c(OC)c2)ccc1OCc1ccccc1. The van der Waals surface area contributed by atoms with Gasteiger partial charge in [0.15, 0.2) is 29.6 Å². The summed E-state index contributed by atoms with van der Waals surface area (Å²) < 4.78 is 23.4. The van der Waals surface area contributed by atoms with Gasteiger partial charge in [-0.1, -0.05) is 48.0 Å². The van der Waals surface area contributed by atoms with Gasteiger partial charge in [0.1, 0.15) is 6.61 Å². The highest BCUT2D eigenvalue weighted by Crippen LogP contribution is 2.36. The van der Waals surface area contributed by atoms with Crippen LogP contribution in [0.1, 0.15) is 34.0 Å². The van der Waals surface area contributed by atoms with Gasteiger partial charge in [-0.25, -0.2) is 5.43 Å². The Kier molecular flexibility index (Phi) is 11.2. The predicted octanol–water partition coefficient (Wildman–Crippen LogP) is 6.53. The van der Waals surface area contributed by atoms with Gasteiger partial charge in [0, 0.05) is 11.3 Å². The van der Waals surface area contributed by atoms with Crippen LogP contribution in [0.25, 0.3) is 0 Å². The second-order valence-electron chi connectivity index (χ2n) is 9.30. The second-order valence-corrected chi connectivity index (χ2v) is 10.2. The van der Waals surface area contributed by atoms with Gasteiger partial charge < -0.3 is 24.3 Å². The minimum absolute atomic E-state index is 0.216. The van der Waals surface area contributed by atoms with Crippen molar-refractivity contribution in [2.45, 2.75) is 20.5 Å². The smallest absolute Gasteiger partial charge is 0.271 e. The van der Waals surface area contributed by atoms with E-state index in [1.165, 1.54) is 13.3 Å². The number of carbonyl (C=O) groups excluding carboxylic acids is 2. The Morgan fingerprint density at radius 2 is 1.65 bits per heavy atom. The molecule has 0 bridgehead atoms. The molecule has 9 nitrogen and oxygen atoms in total. The van der Waals surface area contributed by atoms with E-state index in [1.54, 1.807) is 30.3 Å². The fourth-order valence-corrected chi connectivity index (χ4v) is 4.50. The van der Waals surface area contributed by atoms with Crippen LogP contribution in [0.5, 0.6) is 23.0 Å². The third-order valence-corrected chi connectivity index (χ3v) is 6.65. The van der Waals surface area contributed by atoms with E-state index in [-0.39, 0.29) is 12.5 Å². The van der Waals surface area contributed by atoms with Crippen molar-refractivity contribution >= 4 is 39.6 Å². The summed E-state index contributed by atoms with van der Waals surface area (Å²) in [6.07, 6.45) is 1.47. The number of hydrazone groups is 1. The number of hydrogen-bond donors (Lipinski definition) is 2. The van der Waals surface area contributed by atoms with Crippen molar-refractivity contribution in [3.8, 4) is 23.0 Å². The van der Waals surface area contributed by atoms with Crippen LogP contribution < -0.4 is 29.7 Å². The number of rotatable bonds is 13. The lowest BCUT2D eigenvalue weighted by molar-refractivity contribution is -0.118. The molecule has 0 aliphatic rings. The van der Waals surface area contributed by atoms with Crippen molar-refractivity contribution in [1.29, 1.82) is 0 Å². The highest BCUT2D eigenvalue weighted by atomic mass is 79.9. The van der Waals surface area contributed by atoms with Crippen LogP contribution in [0, 0.1) is 6.92 Å². The topological polar surface area (TPSA) is 107 Å². The van der Waals surface area contributed by atoms with Crippen LogP contribution in [-0.4, -0.2) is 38.4 Å². The first-order chi connectivity index (χ1) is 20.9.